The van der Waals surface area contributed by atoms with Crippen molar-refractivity contribution in [2.45, 2.75) is 59.1 Å². The average molecular weight is 249 g/mol. The Balaban J connectivity index is 1.97. The van der Waals surface area contributed by atoms with Crippen molar-refractivity contribution in [2.24, 2.45) is 5.41 Å². The van der Waals surface area contributed by atoms with E-state index in [2.05, 4.69) is 29.1 Å². The minimum absolute atomic E-state index is 0.137. The van der Waals surface area contributed by atoms with Crippen LogP contribution in [-0.4, -0.2) is 22.1 Å². The zero-order valence-electron chi connectivity index (χ0n) is 11.7. The number of rotatable bonds is 4. The van der Waals surface area contributed by atoms with Crippen LogP contribution in [0.1, 0.15) is 47.0 Å². The van der Waals surface area contributed by atoms with Crippen LogP contribution >= 0.6 is 0 Å². The van der Waals surface area contributed by atoms with Crippen LogP contribution in [0.5, 0.6) is 5.88 Å². The number of nitrogens with zero attached hydrogens (tertiary/aromatic N) is 2. The summed E-state index contributed by atoms with van der Waals surface area (Å²) in [5, 5.41) is 3.48. The van der Waals surface area contributed by atoms with E-state index >= 15 is 0 Å². The van der Waals surface area contributed by atoms with Crippen LogP contribution < -0.4 is 10.1 Å². The molecule has 0 spiro atoms. The summed E-state index contributed by atoms with van der Waals surface area (Å²) >= 11 is 0. The van der Waals surface area contributed by atoms with Gasteiger partial charge in [0.2, 0.25) is 5.88 Å². The van der Waals surface area contributed by atoms with Crippen molar-refractivity contribution in [1.82, 2.24) is 9.97 Å². The summed E-state index contributed by atoms with van der Waals surface area (Å²) in [6.07, 6.45) is 5.36. The molecule has 1 aliphatic carbocycles. The molecule has 1 unspecified atom stereocenters. The van der Waals surface area contributed by atoms with Gasteiger partial charge in [0.15, 0.2) is 0 Å². The zero-order chi connectivity index (χ0) is 13.2. The predicted octanol–water partition coefficient (Wildman–Crippen LogP) is 3.25. The van der Waals surface area contributed by atoms with Gasteiger partial charge in [-0.25, -0.2) is 9.97 Å². The van der Waals surface area contributed by atoms with Gasteiger partial charge in [0.05, 0.1) is 6.10 Å². The van der Waals surface area contributed by atoms with E-state index in [1.165, 1.54) is 19.3 Å². The molecule has 1 aromatic heterocycles. The van der Waals surface area contributed by atoms with Crippen LogP contribution in [0, 0.1) is 5.41 Å². The normalized spacial score (nSPS) is 22.2. The third-order valence-corrected chi connectivity index (χ3v) is 3.32. The number of hydrogen-bond donors (Lipinski definition) is 1. The van der Waals surface area contributed by atoms with Crippen LogP contribution in [0.15, 0.2) is 12.4 Å². The topological polar surface area (TPSA) is 47.0 Å². The Morgan fingerprint density at radius 2 is 2.17 bits per heavy atom. The summed E-state index contributed by atoms with van der Waals surface area (Å²) in [5.74, 6) is 1.50. The standard InChI is InChI=1S/C14H23N3O/c1-10(2)18-13-7-12(15-9-16-13)17-11-5-6-14(3,4)8-11/h7,9-11H,5-6,8H2,1-4H3,(H,15,16,17). The van der Waals surface area contributed by atoms with Gasteiger partial charge in [-0.3, -0.25) is 0 Å². The van der Waals surface area contributed by atoms with Crippen molar-refractivity contribution in [1.29, 1.82) is 0 Å². The van der Waals surface area contributed by atoms with Crippen LogP contribution in [0.3, 0.4) is 0 Å². The summed E-state index contributed by atoms with van der Waals surface area (Å²) in [7, 11) is 0. The van der Waals surface area contributed by atoms with E-state index < -0.39 is 0 Å². The Morgan fingerprint density at radius 3 is 2.78 bits per heavy atom. The molecule has 4 nitrogen and oxygen atoms in total. The fraction of sp³-hybridized carbons (Fsp3) is 0.714. The first-order valence-electron chi connectivity index (χ1n) is 6.70. The largest absolute Gasteiger partial charge is 0.475 e. The second kappa shape index (κ2) is 5.12. The minimum Gasteiger partial charge on any atom is -0.475 e. The molecule has 1 fully saturated rings. The Hall–Kier alpha value is -1.32. The highest BCUT2D eigenvalue weighted by atomic mass is 16.5. The van der Waals surface area contributed by atoms with E-state index in [4.69, 9.17) is 4.74 Å². The highest BCUT2D eigenvalue weighted by Crippen LogP contribution is 2.38. The number of hydrogen-bond acceptors (Lipinski definition) is 4. The van der Waals surface area contributed by atoms with E-state index in [0.717, 1.165) is 5.82 Å². The van der Waals surface area contributed by atoms with Gasteiger partial charge in [0, 0.05) is 12.1 Å². The zero-order valence-corrected chi connectivity index (χ0v) is 11.7. The third kappa shape index (κ3) is 3.59. The first-order chi connectivity index (χ1) is 8.44. The van der Waals surface area contributed by atoms with E-state index in [9.17, 15) is 0 Å². The molecule has 1 N–H and O–H groups in total. The summed E-state index contributed by atoms with van der Waals surface area (Å²) in [5.41, 5.74) is 0.446. The fourth-order valence-electron chi connectivity index (χ4n) is 2.49. The molecule has 0 radical (unpaired) electrons. The third-order valence-electron chi connectivity index (χ3n) is 3.32. The summed E-state index contributed by atoms with van der Waals surface area (Å²) in [6, 6.07) is 2.40. The lowest BCUT2D eigenvalue weighted by atomic mass is 9.92. The molecule has 1 aliphatic rings. The molecular formula is C14H23N3O. The molecule has 100 valence electrons. The summed E-state index contributed by atoms with van der Waals surface area (Å²) in [6.45, 7) is 8.63. The Morgan fingerprint density at radius 1 is 1.39 bits per heavy atom. The highest BCUT2D eigenvalue weighted by Gasteiger charge is 2.30. The molecule has 1 heterocycles. The lowest BCUT2D eigenvalue weighted by Gasteiger charge is -2.18. The van der Waals surface area contributed by atoms with Crippen LogP contribution in [0.25, 0.3) is 0 Å². The molecule has 18 heavy (non-hydrogen) atoms. The van der Waals surface area contributed by atoms with E-state index in [0.29, 0.717) is 17.3 Å². The Bertz CT molecular complexity index is 404. The van der Waals surface area contributed by atoms with Gasteiger partial charge in [-0.05, 0) is 38.5 Å². The van der Waals surface area contributed by atoms with Crippen LogP contribution in [0.4, 0.5) is 5.82 Å². The maximum absolute atomic E-state index is 5.57. The van der Waals surface area contributed by atoms with Crippen molar-refractivity contribution < 1.29 is 4.74 Å². The lowest BCUT2D eigenvalue weighted by Crippen LogP contribution is -2.18. The Labute approximate surface area is 109 Å². The molecule has 0 aliphatic heterocycles. The maximum Gasteiger partial charge on any atom is 0.218 e. The van der Waals surface area contributed by atoms with Gasteiger partial charge in [-0.15, -0.1) is 0 Å². The van der Waals surface area contributed by atoms with E-state index in [1.54, 1.807) is 6.33 Å². The van der Waals surface area contributed by atoms with Crippen molar-refractivity contribution >= 4 is 5.82 Å². The molecule has 0 aromatic carbocycles. The van der Waals surface area contributed by atoms with E-state index in [-0.39, 0.29) is 6.10 Å². The summed E-state index contributed by atoms with van der Waals surface area (Å²) in [4.78, 5) is 8.37. The van der Waals surface area contributed by atoms with Gasteiger partial charge in [-0.2, -0.15) is 0 Å². The monoisotopic (exact) mass is 249 g/mol. The first-order valence-corrected chi connectivity index (χ1v) is 6.70. The van der Waals surface area contributed by atoms with Crippen LogP contribution in [0.2, 0.25) is 0 Å². The number of nitrogens with one attached hydrogen (secondary N) is 1. The molecule has 1 saturated carbocycles. The predicted molar refractivity (Wildman–Crippen MR) is 72.8 cm³/mol. The maximum atomic E-state index is 5.57. The molecule has 0 amide bonds. The SMILES string of the molecule is CC(C)Oc1cc(NC2CCC(C)(C)C2)ncn1. The van der Waals surface area contributed by atoms with Crippen LogP contribution in [-0.2, 0) is 0 Å². The van der Waals surface area contributed by atoms with Crippen molar-refractivity contribution in [2.75, 3.05) is 5.32 Å². The highest BCUT2D eigenvalue weighted by molar-refractivity contribution is 5.38. The lowest BCUT2D eigenvalue weighted by molar-refractivity contribution is 0.232. The number of anilines is 1. The average Bonchev–Trinajstić information content (AvgIpc) is 2.57. The second-order valence-corrected chi connectivity index (χ2v) is 6.16. The van der Waals surface area contributed by atoms with Gasteiger partial charge in [-0.1, -0.05) is 13.8 Å². The van der Waals surface area contributed by atoms with Gasteiger partial charge in [0.1, 0.15) is 12.1 Å². The number of aromatic nitrogens is 2. The minimum atomic E-state index is 0.137. The van der Waals surface area contributed by atoms with Gasteiger partial charge in [0.25, 0.3) is 0 Å². The fourth-order valence-corrected chi connectivity index (χ4v) is 2.49. The quantitative estimate of drug-likeness (QED) is 0.889. The van der Waals surface area contributed by atoms with Crippen molar-refractivity contribution in [3.63, 3.8) is 0 Å². The smallest absolute Gasteiger partial charge is 0.218 e. The second-order valence-electron chi connectivity index (χ2n) is 6.16. The molecule has 0 bridgehead atoms. The van der Waals surface area contributed by atoms with Gasteiger partial charge < -0.3 is 10.1 Å². The Kier molecular flexibility index (Phi) is 3.73. The molecule has 0 saturated heterocycles. The van der Waals surface area contributed by atoms with Crippen molar-refractivity contribution in [3.05, 3.63) is 12.4 Å². The molecule has 2 rings (SSSR count). The number of ether oxygens (including phenoxy) is 1. The van der Waals surface area contributed by atoms with Gasteiger partial charge >= 0.3 is 0 Å². The van der Waals surface area contributed by atoms with E-state index in [1.807, 2.05) is 19.9 Å². The first kappa shape index (κ1) is 13.1. The molecular weight excluding hydrogens is 226 g/mol. The molecule has 1 atom stereocenters. The molecule has 1 aromatic rings. The summed E-state index contributed by atoms with van der Waals surface area (Å²) < 4.78 is 5.57. The van der Waals surface area contributed by atoms with Crippen molar-refractivity contribution in [3.8, 4) is 5.88 Å². The molecule has 4 heteroatoms.